The summed E-state index contributed by atoms with van der Waals surface area (Å²) in [5.41, 5.74) is 6.04. The van der Waals surface area contributed by atoms with Crippen LogP contribution in [-0.4, -0.2) is 38.8 Å². The number of anilines is 2. The number of halogens is 2. The Morgan fingerprint density at radius 3 is 2.89 bits per heavy atom. The topological polar surface area (TPSA) is 122 Å². The summed E-state index contributed by atoms with van der Waals surface area (Å²) in [7, 11) is 0. The number of fused-ring (bicyclic) bond motifs is 1. The minimum atomic E-state index is -3.12. The predicted molar refractivity (Wildman–Crippen MR) is 101 cm³/mol. The van der Waals surface area contributed by atoms with Gasteiger partial charge in [0.25, 0.3) is 5.92 Å². The van der Waals surface area contributed by atoms with E-state index in [2.05, 4.69) is 37.2 Å². The minimum Gasteiger partial charge on any atom is -0.383 e. The first kappa shape index (κ1) is 18.0. The van der Waals surface area contributed by atoms with Crippen molar-refractivity contribution in [1.29, 1.82) is 0 Å². The number of aromatic nitrogens is 4. The summed E-state index contributed by atoms with van der Waals surface area (Å²) in [6.07, 6.45) is 3.43. The number of nitrogens with zero attached hydrogens (tertiary/aromatic N) is 4. The van der Waals surface area contributed by atoms with Crippen molar-refractivity contribution in [2.45, 2.75) is 25.3 Å². The average Bonchev–Trinajstić information content (AvgIpc) is 3.25. The minimum absolute atomic E-state index is 0.0536. The fourth-order valence-corrected chi connectivity index (χ4v) is 3.08. The van der Waals surface area contributed by atoms with Gasteiger partial charge in [-0.05, 0) is 30.7 Å². The maximum absolute atomic E-state index is 13.8. The highest BCUT2D eigenvalue weighted by atomic mass is 19.3. The zero-order valence-corrected chi connectivity index (χ0v) is 14.9. The fourth-order valence-electron chi connectivity index (χ4n) is 3.08. The van der Waals surface area contributed by atoms with Crippen LogP contribution in [0.2, 0.25) is 0 Å². The van der Waals surface area contributed by atoms with E-state index in [1.807, 2.05) is 0 Å². The summed E-state index contributed by atoms with van der Waals surface area (Å²) in [6.45, 7) is 4.22. The van der Waals surface area contributed by atoms with Crippen LogP contribution < -0.4 is 11.1 Å². The Hall–Kier alpha value is -3.43. The molecule has 0 radical (unpaired) electrons. The first-order valence-electron chi connectivity index (χ1n) is 8.53. The Bertz CT molecular complexity index is 1090. The predicted octanol–water partition coefficient (Wildman–Crippen LogP) is 2.74. The molecule has 4 N–H and O–H groups in total. The third kappa shape index (κ3) is 3.17. The number of carbonyl (C=O) groups is 1. The molecule has 4 rings (SSSR count). The van der Waals surface area contributed by atoms with Crippen LogP contribution in [0.5, 0.6) is 0 Å². The highest BCUT2D eigenvalue weighted by Crippen LogP contribution is 2.36. The quantitative estimate of drug-likeness (QED) is 0.583. The van der Waals surface area contributed by atoms with E-state index in [0.717, 1.165) is 6.92 Å². The molecule has 0 aliphatic heterocycles. The van der Waals surface area contributed by atoms with Crippen molar-refractivity contribution in [1.82, 2.24) is 20.2 Å². The van der Waals surface area contributed by atoms with Gasteiger partial charge in [0, 0.05) is 24.1 Å². The van der Waals surface area contributed by atoms with E-state index in [0.29, 0.717) is 23.0 Å². The SMILES string of the molecule is C=N[C@H]1C[C@@H]1C(=O)Nc1cc2cc(-c3cn[nH]c3C(C)(F)F)nc(N)c2cn1. The number of rotatable bonds is 5. The van der Waals surface area contributed by atoms with Gasteiger partial charge in [-0.15, -0.1) is 0 Å². The highest BCUT2D eigenvalue weighted by Gasteiger charge is 2.42. The summed E-state index contributed by atoms with van der Waals surface area (Å²) in [4.78, 5) is 24.4. The number of hydrogen-bond donors (Lipinski definition) is 3. The van der Waals surface area contributed by atoms with E-state index in [1.165, 1.54) is 12.4 Å². The van der Waals surface area contributed by atoms with Crippen molar-refractivity contribution in [2.75, 3.05) is 11.1 Å². The number of pyridine rings is 2. The van der Waals surface area contributed by atoms with Gasteiger partial charge in [0.15, 0.2) is 0 Å². The molecule has 1 saturated carbocycles. The van der Waals surface area contributed by atoms with E-state index in [4.69, 9.17) is 5.73 Å². The molecular formula is C18H17F2N7O. The molecule has 2 atom stereocenters. The van der Waals surface area contributed by atoms with Crippen molar-refractivity contribution in [3.63, 3.8) is 0 Å². The number of aliphatic imine (C=N–C) groups is 1. The van der Waals surface area contributed by atoms with E-state index >= 15 is 0 Å². The van der Waals surface area contributed by atoms with Gasteiger partial charge in [0.05, 0.1) is 23.9 Å². The molecule has 1 aliphatic carbocycles. The van der Waals surface area contributed by atoms with Gasteiger partial charge in [0.2, 0.25) is 5.91 Å². The Balaban J connectivity index is 1.70. The molecule has 3 heterocycles. The maximum Gasteiger partial charge on any atom is 0.287 e. The van der Waals surface area contributed by atoms with Crippen LogP contribution in [0.3, 0.4) is 0 Å². The molecule has 1 fully saturated rings. The van der Waals surface area contributed by atoms with Gasteiger partial charge in [-0.2, -0.15) is 13.9 Å². The zero-order chi connectivity index (χ0) is 20.1. The van der Waals surface area contributed by atoms with Gasteiger partial charge in [-0.1, -0.05) is 0 Å². The number of aromatic amines is 1. The molecule has 1 aliphatic rings. The summed E-state index contributed by atoms with van der Waals surface area (Å²) in [5.74, 6) is -3.03. The van der Waals surface area contributed by atoms with Crippen molar-refractivity contribution in [3.05, 3.63) is 30.2 Å². The first-order valence-corrected chi connectivity index (χ1v) is 8.53. The van der Waals surface area contributed by atoms with Gasteiger partial charge in [-0.3, -0.25) is 14.9 Å². The van der Waals surface area contributed by atoms with Gasteiger partial charge in [0.1, 0.15) is 17.3 Å². The van der Waals surface area contributed by atoms with Crippen molar-refractivity contribution >= 4 is 35.0 Å². The van der Waals surface area contributed by atoms with Crippen LogP contribution in [0.25, 0.3) is 22.0 Å². The number of carbonyl (C=O) groups excluding carboxylic acids is 1. The number of amides is 1. The number of nitrogens with one attached hydrogen (secondary N) is 2. The lowest BCUT2D eigenvalue weighted by atomic mass is 10.1. The second-order valence-corrected chi connectivity index (χ2v) is 6.81. The maximum atomic E-state index is 13.8. The molecule has 10 heteroatoms. The smallest absolute Gasteiger partial charge is 0.287 e. The lowest BCUT2D eigenvalue weighted by Crippen LogP contribution is -2.16. The molecule has 144 valence electrons. The number of nitrogens with two attached hydrogens (primary N) is 1. The molecule has 8 nitrogen and oxygen atoms in total. The number of alkyl halides is 2. The molecule has 28 heavy (non-hydrogen) atoms. The van der Waals surface area contributed by atoms with Crippen LogP contribution in [0.15, 0.2) is 29.5 Å². The zero-order valence-electron chi connectivity index (χ0n) is 14.9. The normalized spacial score (nSPS) is 18.8. The van der Waals surface area contributed by atoms with Crippen LogP contribution in [0.1, 0.15) is 19.0 Å². The lowest BCUT2D eigenvalue weighted by Gasteiger charge is -2.12. The monoisotopic (exact) mass is 385 g/mol. The molecule has 3 aromatic heterocycles. The third-order valence-electron chi connectivity index (χ3n) is 4.68. The van der Waals surface area contributed by atoms with E-state index in [9.17, 15) is 13.6 Å². The van der Waals surface area contributed by atoms with E-state index in [-0.39, 0.29) is 40.6 Å². The first-order chi connectivity index (χ1) is 13.3. The summed E-state index contributed by atoms with van der Waals surface area (Å²) >= 11 is 0. The molecule has 0 spiro atoms. The van der Waals surface area contributed by atoms with Gasteiger partial charge < -0.3 is 11.1 Å². The number of H-pyrrole nitrogens is 1. The largest absolute Gasteiger partial charge is 0.383 e. The van der Waals surface area contributed by atoms with Crippen molar-refractivity contribution in [3.8, 4) is 11.3 Å². The second kappa shape index (κ2) is 6.32. The molecule has 0 bridgehead atoms. The van der Waals surface area contributed by atoms with Crippen LogP contribution in [0.4, 0.5) is 20.4 Å². The number of nitrogen functional groups attached to an aromatic ring is 1. The molecule has 0 saturated heterocycles. The molecular weight excluding hydrogens is 368 g/mol. The van der Waals surface area contributed by atoms with Crippen molar-refractivity contribution < 1.29 is 13.6 Å². The van der Waals surface area contributed by atoms with Crippen LogP contribution >= 0.6 is 0 Å². The molecule has 1 amide bonds. The Labute approximate surface area is 158 Å². The summed E-state index contributed by atoms with van der Waals surface area (Å²) in [5, 5.41) is 9.90. The van der Waals surface area contributed by atoms with Gasteiger partial charge in [-0.25, -0.2) is 9.97 Å². The second-order valence-electron chi connectivity index (χ2n) is 6.81. The summed E-state index contributed by atoms with van der Waals surface area (Å²) < 4.78 is 27.6. The van der Waals surface area contributed by atoms with Crippen LogP contribution in [0, 0.1) is 5.92 Å². The highest BCUT2D eigenvalue weighted by molar-refractivity contribution is 5.98. The molecule has 3 aromatic rings. The summed E-state index contributed by atoms with van der Waals surface area (Å²) in [6, 6.07) is 3.17. The molecule has 0 aromatic carbocycles. The standard InChI is InChI=1S/C18H17F2N7O/c1-18(19,20)15-11(7-24-27-15)13-3-8-4-14(23-6-10(8)16(21)25-13)26-17(28)9-5-12(9)22-2/h3-4,6-7,9,12H,2,5H2,1H3,(H2,21,25)(H,24,27)(H,23,26,28)/t9-,12-/m0/s1. The molecule has 0 unspecified atom stereocenters. The third-order valence-corrected chi connectivity index (χ3v) is 4.68. The van der Waals surface area contributed by atoms with Crippen LogP contribution in [-0.2, 0) is 10.7 Å². The Kier molecular flexibility index (Phi) is 4.06. The van der Waals surface area contributed by atoms with Gasteiger partial charge >= 0.3 is 0 Å². The van der Waals surface area contributed by atoms with E-state index in [1.54, 1.807) is 12.1 Å². The average molecular weight is 385 g/mol. The Morgan fingerprint density at radius 2 is 2.21 bits per heavy atom. The Morgan fingerprint density at radius 1 is 1.43 bits per heavy atom. The van der Waals surface area contributed by atoms with E-state index < -0.39 is 5.92 Å². The fraction of sp³-hybridized carbons (Fsp3) is 0.278. The van der Waals surface area contributed by atoms with Crippen molar-refractivity contribution in [2.24, 2.45) is 10.9 Å². The number of hydrogen-bond acceptors (Lipinski definition) is 6. The lowest BCUT2D eigenvalue weighted by molar-refractivity contribution is -0.117.